The van der Waals surface area contributed by atoms with Crippen LogP contribution in [-0.2, 0) is 7.05 Å². The number of benzene rings is 1. The first-order valence-corrected chi connectivity index (χ1v) is 5.59. The van der Waals surface area contributed by atoms with Crippen molar-refractivity contribution in [2.45, 2.75) is 0 Å². The molecule has 0 unspecified atom stereocenters. The summed E-state index contributed by atoms with van der Waals surface area (Å²) in [6, 6.07) is 8.04. The number of aryl methyl sites for hydroxylation is 1. The van der Waals surface area contributed by atoms with E-state index in [0.717, 1.165) is 4.68 Å². The molecular weight excluding hydrogens is 260 g/mol. The molecule has 2 aromatic rings. The molecular formula is C13H10N4O3. The van der Waals surface area contributed by atoms with Gasteiger partial charge in [-0.2, -0.15) is 10.4 Å². The van der Waals surface area contributed by atoms with Crippen molar-refractivity contribution >= 4 is 17.6 Å². The molecule has 20 heavy (non-hydrogen) atoms. The molecule has 0 aliphatic heterocycles. The Kier molecular flexibility index (Phi) is 3.48. The molecule has 0 radical (unpaired) electrons. The van der Waals surface area contributed by atoms with Crippen molar-refractivity contribution in [2.24, 2.45) is 7.05 Å². The summed E-state index contributed by atoms with van der Waals surface area (Å²) in [5.74, 6) is -1.69. The lowest BCUT2D eigenvalue weighted by molar-refractivity contribution is 0.0686. The molecule has 7 nitrogen and oxygen atoms in total. The second-order valence-electron chi connectivity index (χ2n) is 3.98. The molecule has 0 fully saturated rings. The molecule has 2 rings (SSSR count). The predicted molar refractivity (Wildman–Crippen MR) is 69.3 cm³/mol. The van der Waals surface area contributed by atoms with E-state index in [1.807, 2.05) is 6.07 Å². The number of aromatic nitrogens is 2. The minimum absolute atomic E-state index is 0.104. The Morgan fingerprint density at radius 1 is 1.45 bits per heavy atom. The Labute approximate surface area is 114 Å². The summed E-state index contributed by atoms with van der Waals surface area (Å²) in [6.07, 6.45) is 1.26. The van der Waals surface area contributed by atoms with Crippen LogP contribution < -0.4 is 5.32 Å². The first-order valence-electron chi connectivity index (χ1n) is 5.59. The van der Waals surface area contributed by atoms with E-state index in [1.165, 1.54) is 25.4 Å². The Hall–Kier alpha value is -3.14. The lowest BCUT2D eigenvalue weighted by atomic mass is 10.1. The third kappa shape index (κ3) is 2.49. The van der Waals surface area contributed by atoms with Crippen molar-refractivity contribution < 1.29 is 14.7 Å². The van der Waals surface area contributed by atoms with Crippen molar-refractivity contribution in [3.63, 3.8) is 0 Å². The van der Waals surface area contributed by atoms with Gasteiger partial charge < -0.3 is 10.4 Å². The minimum atomic E-state index is -1.19. The number of nitriles is 1. The van der Waals surface area contributed by atoms with Crippen LogP contribution in [0.2, 0.25) is 0 Å². The fourth-order valence-corrected chi connectivity index (χ4v) is 1.71. The van der Waals surface area contributed by atoms with Gasteiger partial charge in [0.15, 0.2) is 5.69 Å². The highest BCUT2D eigenvalue weighted by molar-refractivity contribution is 6.07. The van der Waals surface area contributed by atoms with Gasteiger partial charge in [0.05, 0.1) is 23.5 Å². The number of rotatable bonds is 3. The predicted octanol–water partition coefficient (Wildman–Crippen LogP) is 1.24. The first kappa shape index (κ1) is 13.3. The largest absolute Gasteiger partial charge is 0.476 e. The minimum Gasteiger partial charge on any atom is -0.476 e. The molecule has 2 N–H and O–H groups in total. The maximum absolute atomic E-state index is 12.0. The van der Waals surface area contributed by atoms with E-state index in [1.54, 1.807) is 12.1 Å². The van der Waals surface area contributed by atoms with Crippen molar-refractivity contribution in [1.82, 2.24) is 9.78 Å². The number of carboxylic acids is 1. The Morgan fingerprint density at radius 2 is 2.20 bits per heavy atom. The van der Waals surface area contributed by atoms with Crippen LogP contribution in [-0.4, -0.2) is 26.8 Å². The SMILES string of the molecule is Cn1ncc(NC(=O)c2cccc(C#N)c2)c1C(=O)O. The smallest absolute Gasteiger partial charge is 0.356 e. The molecule has 0 spiro atoms. The number of carbonyl (C=O) groups excluding carboxylic acids is 1. The highest BCUT2D eigenvalue weighted by Gasteiger charge is 2.18. The zero-order chi connectivity index (χ0) is 14.7. The molecule has 0 saturated heterocycles. The summed E-state index contributed by atoms with van der Waals surface area (Å²) in [6.45, 7) is 0. The zero-order valence-electron chi connectivity index (χ0n) is 10.5. The number of anilines is 1. The fraction of sp³-hybridized carbons (Fsp3) is 0.0769. The second kappa shape index (κ2) is 5.24. The average molecular weight is 270 g/mol. The van der Waals surface area contributed by atoms with Crippen LogP contribution in [0.1, 0.15) is 26.4 Å². The lowest BCUT2D eigenvalue weighted by Crippen LogP contribution is -2.15. The summed E-state index contributed by atoms with van der Waals surface area (Å²) in [4.78, 5) is 23.1. The molecule has 0 bridgehead atoms. The van der Waals surface area contributed by atoms with E-state index < -0.39 is 11.9 Å². The van der Waals surface area contributed by atoms with Crippen LogP contribution in [0.5, 0.6) is 0 Å². The van der Waals surface area contributed by atoms with Crippen LogP contribution in [0.4, 0.5) is 5.69 Å². The lowest BCUT2D eigenvalue weighted by Gasteiger charge is -2.05. The van der Waals surface area contributed by atoms with E-state index in [0.29, 0.717) is 5.56 Å². The van der Waals surface area contributed by atoms with Gasteiger partial charge in [0.2, 0.25) is 0 Å². The van der Waals surface area contributed by atoms with Gasteiger partial charge in [-0.25, -0.2) is 4.79 Å². The van der Waals surface area contributed by atoms with Gasteiger partial charge in [0.25, 0.3) is 5.91 Å². The van der Waals surface area contributed by atoms with Crippen LogP contribution in [0, 0.1) is 11.3 Å². The highest BCUT2D eigenvalue weighted by Crippen LogP contribution is 2.15. The topological polar surface area (TPSA) is 108 Å². The monoisotopic (exact) mass is 270 g/mol. The molecule has 1 aromatic carbocycles. The summed E-state index contributed by atoms with van der Waals surface area (Å²) in [5.41, 5.74) is 0.605. The Bertz CT molecular complexity index is 727. The second-order valence-corrected chi connectivity index (χ2v) is 3.98. The summed E-state index contributed by atoms with van der Waals surface area (Å²) >= 11 is 0. The number of hydrogen-bond acceptors (Lipinski definition) is 4. The summed E-state index contributed by atoms with van der Waals surface area (Å²) in [7, 11) is 1.47. The van der Waals surface area contributed by atoms with Crippen LogP contribution >= 0.6 is 0 Å². The molecule has 1 heterocycles. The standard InChI is InChI=1S/C13H10N4O3/c1-17-11(13(19)20)10(7-15-17)16-12(18)9-4-2-3-8(5-9)6-14/h2-5,7H,1H3,(H,16,18)(H,19,20). The number of nitrogens with one attached hydrogen (secondary N) is 1. The van der Waals surface area contributed by atoms with Gasteiger partial charge in [-0.15, -0.1) is 0 Å². The maximum atomic E-state index is 12.0. The van der Waals surface area contributed by atoms with E-state index >= 15 is 0 Å². The van der Waals surface area contributed by atoms with Crippen LogP contribution in [0.15, 0.2) is 30.5 Å². The molecule has 0 saturated carbocycles. The van der Waals surface area contributed by atoms with Crippen molar-refractivity contribution in [3.05, 3.63) is 47.3 Å². The number of carbonyl (C=O) groups is 2. The van der Waals surface area contributed by atoms with Gasteiger partial charge in [-0.3, -0.25) is 9.48 Å². The number of nitrogens with zero attached hydrogens (tertiary/aromatic N) is 3. The normalized spacial score (nSPS) is 9.80. The average Bonchev–Trinajstić information content (AvgIpc) is 2.79. The van der Waals surface area contributed by atoms with Gasteiger partial charge in [-0.05, 0) is 18.2 Å². The molecule has 0 aliphatic rings. The summed E-state index contributed by atoms with van der Waals surface area (Å²) < 4.78 is 1.16. The fourth-order valence-electron chi connectivity index (χ4n) is 1.71. The highest BCUT2D eigenvalue weighted by atomic mass is 16.4. The maximum Gasteiger partial charge on any atom is 0.356 e. The zero-order valence-corrected chi connectivity index (χ0v) is 10.5. The molecule has 1 aromatic heterocycles. The Balaban J connectivity index is 2.28. The van der Waals surface area contributed by atoms with Gasteiger partial charge >= 0.3 is 5.97 Å². The van der Waals surface area contributed by atoms with Crippen molar-refractivity contribution in [1.29, 1.82) is 5.26 Å². The van der Waals surface area contributed by atoms with Gasteiger partial charge in [0, 0.05) is 12.6 Å². The quantitative estimate of drug-likeness (QED) is 0.872. The van der Waals surface area contributed by atoms with E-state index in [9.17, 15) is 9.59 Å². The van der Waals surface area contributed by atoms with Gasteiger partial charge in [0.1, 0.15) is 0 Å². The number of aromatic carboxylic acids is 1. The summed E-state index contributed by atoms with van der Waals surface area (Å²) in [5, 5.41) is 24.1. The number of hydrogen-bond donors (Lipinski definition) is 2. The molecule has 1 amide bonds. The number of carboxylic acid groups (broad SMARTS) is 1. The van der Waals surface area contributed by atoms with Gasteiger partial charge in [-0.1, -0.05) is 6.07 Å². The van der Waals surface area contributed by atoms with Crippen LogP contribution in [0.25, 0.3) is 0 Å². The molecule has 100 valence electrons. The van der Waals surface area contributed by atoms with Crippen molar-refractivity contribution in [2.75, 3.05) is 5.32 Å². The molecule has 0 atom stereocenters. The van der Waals surface area contributed by atoms with Crippen molar-refractivity contribution in [3.8, 4) is 6.07 Å². The van der Waals surface area contributed by atoms with Crippen LogP contribution in [0.3, 0.4) is 0 Å². The number of amides is 1. The van der Waals surface area contributed by atoms with E-state index in [-0.39, 0.29) is 16.9 Å². The molecule has 0 aliphatic carbocycles. The first-order chi connectivity index (χ1) is 9.52. The molecule has 7 heteroatoms. The third-order valence-electron chi connectivity index (χ3n) is 2.64. The third-order valence-corrected chi connectivity index (χ3v) is 2.64. The van der Waals surface area contributed by atoms with E-state index in [2.05, 4.69) is 10.4 Å². The van der Waals surface area contributed by atoms with E-state index in [4.69, 9.17) is 10.4 Å². The Morgan fingerprint density at radius 3 is 2.85 bits per heavy atom.